The van der Waals surface area contributed by atoms with E-state index in [1.807, 2.05) is 23.1 Å². The van der Waals surface area contributed by atoms with Crippen LogP contribution in [0.2, 0.25) is 5.02 Å². The third-order valence-electron chi connectivity index (χ3n) is 6.71. The van der Waals surface area contributed by atoms with Crippen LogP contribution < -0.4 is 4.74 Å². The van der Waals surface area contributed by atoms with Gasteiger partial charge in [-0.25, -0.2) is 4.39 Å². The van der Waals surface area contributed by atoms with E-state index in [0.29, 0.717) is 31.2 Å². The van der Waals surface area contributed by atoms with Gasteiger partial charge in [0.25, 0.3) is 0 Å². The van der Waals surface area contributed by atoms with Crippen LogP contribution in [-0.2, 0) is 22.6 Å². The van der Waals surface area contributed by atoms with Gasteiger partial charge in [-0.15, -0.1) is 0 Å². The number of nitrogens with zero attached hydrogens (tertiary/aromatic N) is 3. The van der Waals surface area contributed by atoms with Crippen molar-refractivity contribution in [3.63, 3.8) is 0 Å². The molecule has 182 valence electrons. The van der Waals surface area contributed by atoms with E-state index in [2.05, 4.69) is 4.90 Å². The molecule has 0 saturated carbocycles. The molecule has 1 atom stereocenters. The lowest BCUT2D eigenvalue weighted by Gasteiger charge is -2.39. The van der Waals surface area contributed by atoms with Crippen molar-refractivity contribution >= 4 is 23.4 Å². The Morgan fingerprint density at radius 2 is 1.76 bits per heavy atom. The second-order valence-corrected chi connectivity index (χ2v) is 9.48. The zero-order valence-electron chi connectivity index (χ0n) is 19.5. The van der Waals surface area contributed by atoms with Crippen LogP contribution in [0.3, 0.4) is 0 Å². The van der Waals surface area contributed by atoms with Gasteiger partial charge in [-0.2, -0.15) is 0 Å². The number of methoxy groups -OCH3 is 1. The van der Waals surface area contributed by atoms with Crippen LogP contribution in [0.1, 0.15) is 24.0 Å². The van der Waals surface area contributed by atoms with Crippen molar-refractivity contribution in [2.24, 2.45) is 5.92 Å². The standard InChI is InChI=1S/C26H31ClFN3O3/c1-34-24-9-6-22(27)16-21(24)17-29-11-13-30(14-12-29)26(33)20-3-2-10-31(18-20)25(32)15-19-4-7-23(28)8-5-19/h4-9,16,20H,2-3,10-15,17-18H2,1H3. The summed E-state index contributed by atoms with van der Waals surface area (Å²) in [7, 11) is 1.65. The SMILES string of the molecule is COc1ccc(Cl)cc1CN1CCN(C(=O)C2CCCN(C(=O)Cc3ccc(F)cc3)C2)CC1. The first-order valence-electron chi connectivity index (χ1n) is 11.8. The molecule has 0 spiro atoms. The van der Waals surface area contributed by atoms with Crippen LogP contribution in [0, 0.1) is 11.7 Å². The van der Waals surface area contributed by atoms with Gasteiger partial charge in [-0.05, 0) is 48.7 Å². The summed E-state index contributed by atoms with van der Waals surface area (Å²) in [5, 5.41) is 0.681. The number of carbonyl (C=O) groups excluding carboxylic acids is 2. The Hall–Kier alpha value is -2.64. The molecule has 2 heterocycles. The molecule has 2 aliphatic rings. The van der Waals surface area contributed by atoms with E-state index in [0.717, 1.165) is 49.4 Å². The van der Waals surface area contributed by atoms with E-state index in [1.54, 1.807) is 24.1 Å². The smallest absolute Gasteiger partial charge is 0.227 e. The molecule has 2 aliphatic heterocycles. The molecular weight excluding hydrogens is 457 g/mol. The number of hydrogen-bond acceptors (Lipinski definition) is 4. The number of halogens is 2. The number of piperazine rings is 1. The Labute approximate surface area is 205 Å². The fourth-order valence-electron chi connectivity index (χ4n) is 4.79. The lowest BCUT2D eigenvalue weighted by molar-refractivity contribution is -0.142. The fourth-order valence-corrected chi connectivity index (χ4v) is 4.98. The number of carbonyl (C=O) groups is 2. The van der Waals surface area contributed by atoms with E-state index in [9.17, 15) is 14.0 Å². The molecule has 0 radical (unpaired) electrons. The highest BCUT2D eigenvalue weighted by atomic mass is 35.5. The first-order valence-corrected chi connectivity index (χ1v) is 12.2. The number of likely N-dealkylation sites (tertiary alicyclic amines) is 1. The summed E-state index contributed by atoms with van der Waals surface area (Å²) in [4.78, 5) is 32.0. The van der Waals surface area contributed by atoms with Gasteiger partial charge in [0.1, 0.15) is 11.6 Å². The Morgan fingerprint density at radius 1 is 1.03 bits per heavy atom. The van der Waals surface area contributed by atoms with Crippen LogP contribution in [0.4, 0.5) is 4.39 Å². The first-order chi connectivity index (χ1) is 16.4. The van der Waals surface area contributed by atoms with Gasteiger partial charge in [-0.1, -0.05) is 23.7 Å². The summed E-state index contributed by atoms with van der Waals surface area (Å²) in [6.07, 6.45) is 1.85. The van der Waals surface area contributed by atoms with Crippen molar-refractivity contribution in [2.45, 2.75) is 25.8 Å². The molecule has 0 aromatic heterocycles. The second kappa shape index (κ2) is 11.2. The molecule has 2 aromatic rings. The molecule has 1 unspecified atom stereocenters. The predicted molar refractivity (Wildman–Crippen MR) is 129 cm³/mol. The van der Waals surface area contributed by atoms with Crippen molar-refractivity contribution in [3.8, 4) is 5.75 Å². The molecule has 2 fully saturated rings. The number of benzene rings is 2. The average molecular weight is 488 g/mol. The van der Waals surface area contributed by atoms with Crippen LogP contribution in [0.25, 0.3) is 0 Å². The second-order valence-electron chi connectivity index (χ2n) is 9.04. The monoisotopic (exact) mass is 487 g/mol. The van der Waals surface area contributed by atoms with E-state index in [4.69, 9.17) is 16.3 Å². The summed E-state index contributed by atoms with van der Waals surface area (Å²) in [6, 6.07) is 11.6. The van der Waals surface area contributed by atoms with Gasteiger partial charge < -0.3 is 14.5 Å². The van der Waals surface area contributed by atoms with Crippen molar-refractivity contribution in [1.82, 2.24) is 14.7 Å². The maximum Gasteiger partial charge on any atom is 0.227 e. The summed E-state index contributed by atoms with van der Waals surface area (Å²) in [6.45, 7) is 4.74. The molecular formula is C26H31ClFN3O3. The van der Waals surface area contributed by atoms with Crippen LogP contribution in [0.15, 0.2) is 42.5 Å². The number of rotatable bonds is 6. The molecule has 8 heteroatoms. The largest absolute Gasteiger partial charge is 0.496 e. The number of piperidine rings is 1. The summed E-state index contributed by atoms with van der Waals surface area (Å²) in [5.74, 6) is 0.469. The van der Waals surface area contributed by atoms with Gasteiger partial charge in [0.05, 0.1) is 19.4 Å². The highest BCUT2D eigenvalue weighted by Gasteiger charge is 2.32. The molecule has 2 amide bonds. The van der Waals surface area contributed by atoms with Gasteiger partial charge in [-0.3, -0.25) is 14.5 Å². The Morgan fingerprint density at radius 3 is 2.47 bits per heavy atom. The van der Waals surface area contributed by atoms with Gasteiger partial charge >= 0.3 is 0 Å². The highest BCUT2D eigenvalue weighted by molar-refractivity contribution is 6.30. The number of hydrogen-bond donors (Lipinski definition) is 0. The quantitative estimate of drug-likeness (QED) is 0.624. The number of amides is 2. The Balaban J connectivity index is 1.28. The third kappa shape index (κ3) is 6.07. The van der Waals surface area contributed by atoms with Crippen molar-refractivity contribution in [2.75, 3.05) is 46.4 Å². The van der Waals surface area contributed by atoms with Crippen molar-refractivity contribution < 1.29 is 18.7 Å². The minimum atomic E-state index is -0.313. The van der Waals surface area contributed by atoms with Crippen LogP contribution >= 0.6 is 11.6 Å². The Bertz CT molecular complexity index is 1010. The van der Waals surface area contributed by atoms with Crippen molar-refractivity contribution in [3.05, 3.63) is 64.4 Å². The maximum atomic E-state index is 13.2. The van der Waals surface area contributed by atoms with Crippen LogP contribution in [-0.4, -0.2) is 72.9 Å². The summed E-state index contributed by atoms with van der Waals surface area (Å²) >= 11 is 6.16. The summed E-state index contributed by atoms with van der Waals surface area (Å²) < 4.78 is 18.6. The molecule has 2 aromatic carbocycles. The zero-order valence-corrected chi connectivity index (χ0v) is 20.3. The molecule has 4 rings (SSSR count). The van der Waals surface area contributed by atoms with Gasteiger partial charge in [0.2, 0.25) is 11.8 Å². The Kier molecular flexibility index (Phi) is 8.06. The topological polar surface area (TPSA) is 53.1 Å². The van der Waals surface area contributed by atoms with Crippen LogP contribution in [0.5, 0.6) is 5.75 Å². The lowest BCUT2D eigenvalue weighted by atomic mass is 9.95. The van der Waals surface area contributed by atoms with Gasteiger partial charge in [0, 0.05) is 56.4 Å². The number of ether oxygens (including phenoxy) is 1. The maximum absolute atomic E-state index is 13.2. The zero-order chi connectivity index (χ0) is 24.1. The predicted octanol–water partition coefficient (Wildman–Crippen LogP) is 3.61. The summed E-state index contributed by atoms with van der Waals surface area (Å²) in [5.41, 5.74) is 1.82. The molecule has 2 saturated heterocycles. The lowest BCUT2D eigenvalue weighted by Crippen LogP contribution is -2.52. The molecule has 34 heavy (non-hydrogen) atoms. The van der Waals surface area contributed by atoms with Gasteiger partial charge in [0.15, 0.2) is 0 Å². The first kappa shape index (κ1) is 24.5. The minimum Gasteiger partial charge on any atom is -0.496 e. The fraction of sp³-hybridized carbons (Fsp3) is 0.462. The third-order valence-corrected chi connectivity index (χ3v) is 6.95. The van der Waals surface area contributed by atoms with E-state index in [1.165, 1.54) is 12.1 Å². The van der Waals surface area contributed by atoms with Crippen molar-refractivity contribution in [1.29, 1.82) is 0 Å². The van der Waals surface area contributed by atoms with E-state index in [-0.39, 0.29) is 30.0 Å². The molecule has 0 bridgehead atoms. The molecule has 6 nitrogen and oxygen atoms in total. The van der Waals surface area contributed by atoms with E-state index >= 15 is 0 Å². The average Bonchev–Trinajstić information content (AvgIpc) is 2.86. The molecule has 0 N–H and O–H groups in total. The van der Waals surface area contributed by atoms with E-state index < -0.39 is 0 Å². The minimum absolute atomic E-state index is 0.00982. The normalized spacial score (nSPS) is 19.2. The highest BCUT2D eigenvalue weighted by Crippen LogP contribution is 2.25. The molecule has 0 aliphatic carbocycles.